The molecule has 0 saturated carbocycles. The van der Waals surface area contributed by atoms with Crippen LogP contribution in [0.4, 0.5) is 0 Å². The highest BCUT2D eigenvalue weighted by molar-refractivity contribution is 9.10. The second kappa shape index (κ2) is 6.23. The lowest BCUT2D eigenvalue weighted by Gasteiger charge is -2.22. The molecule has 2 nitrogen and oxygen atoms in total. The molecule has 4 heteroatoms. The van der Waals surface area contributed by atoms with Crippen LogP contribution in [-0.4, -0.2) is 30.1 Å². The molecule has 3 rings (SSSR count). The van der Waals surface area contributed by atoms with E-state index >= 15 is 0 Å². The number of phenolic OH excluding ortho intramolecular Hbond substituents is 1. The number of aryl methyl sites for hydroxylation is 1. The zero-order chi connectivity index (χ0) is 15.9. The topological polar surface area (TPSA) is 23.5 Å². The number of benzene rings is 2. The van der Waals surface area contributed by atoms with Crippen LogP contribution in [0.25, 0.3) is 0 Å². The summed E-state index contributed by atoms with van der Waals surface area (Å²) in [6, 6.07) is 11.8. The Kier molecular flexibility index (Phi) is 4.49. The first-order valence-corrected chi connectivity index (χ1v) is 8.56. The molecule has 0 aromatic heterocycles. The van der Waals surface area contributed by atoms with Gasteiger partial charge in [-0.1, -0.05) is 45.2 Å². The van der Waals surface area contributed by atoms with E-state index in [4.69, 9.17) is 11.6 Å². The lowest BCUT2D eigenvalue weighted by Crippen LogP contribution is -2.13. The monoisotopic (exact) mass is 379 g/mol. The van der Waals surface area contributed by atoms with Crippen LogP contribution in [0.15, 0.2) is 40.9 Å². The molecule has 1 aliphatic heterocycles. The predicted molar refractivity (Wildman–Crippen MR) is 95.0 cm³/mol. The normalized spacial score (nSPS) is 22.2. The molecule has 0 radical (unpaired) electrons. The van der Waals surface area contributed by atoms with Crippen molar-refractivity contribution in [1.29, 1.82) is 0 Å². The van der Waals surface area contributed by atoms with Crippen LogP contribution >= 0.6 is 27.5 Å². The van der Waals surface area contributed by atoms with Crippen LogP contribution in [0.3, 0.4) is 0 Å². The molecule has 1 N–H and O–H groups in total. The van der Waals surface area contributed by atoms with E-state index in [2.05, 4.69) is 53.0 Å². The van der Waals surface area contributed by atoms with Crippen LogP contribution in [0, 0.1) is 6.92 Å². The minimum atomic E-state index is 0.238. The van der Waals surface area contributed by atoms with Crippen LogP contribution in [0.2, 0.25) is 5.02 Å². The molecule has 116 valence electrons. The van der Waals surface area contributed by atoms with Crippen molar-refractivity contribution in [3.8, 4) is 5.75 Å². The molecule has 1 aliphatic rings. The van der Waals surface area contributed by atoms with E-state index < -0.39 is 0 Å². The molecule has 2 atom stereocenters. The van der Waals surface area contributed by atoms with Gasteiger partial charge >= 0.3 is 0 Å². The summed E-state index contributed by atoms with van der Waals surface area (Å²) in [5.74, 6) is 0.906. The molecule has 0 unspecified atom stereocenters. The van der Waals surface area contributed by atoms with Crippen molar-refractivity contribution in [2.45, 2.75) is 18.8 Å². The fourth-order valence-corrected chi connectivity index (χ4v) is 4.12. The highest BCUT2D eigenvalue weighted by Gasteiger charge is 2.35. The zero-order valence-electron chi connectivity index (χ0n) is 12.7. The van der Waals surface area contributed by atoms with E-state index in [1.54, 1.807) is 12.1 Å². The SMILES string of the molecule is Cc1ccc(Br)c([C@H]2CN(C)C[C@@H]2c2cc(Cl)ccc2O)c1. The lowest BCUT2D eigenvalue weighted by atomic mass is 9.83. The Morgan fingerprint density at radius 2 is 1.77 bits per heavy atom. The van der Waals surface area contributed by atoms with Crippen molar-refractivity contribution in [3.63, 3.8) is 0 Å². The fraction of sp³-hybridized carbons (Fsp3) is 0.333. The molecule has 2 aromatic rings. The van der Waals surface area contributed by atoms with Gasteiger partial charge in [-0.15, -0.1) is 0 Å². The zero-order valence-corrected chi connectivity index (χ0v) is 15.0. The van der Waals surface area contributed by atoms with Crippen LogP contribution in [-0.2, 0) is 0 Å². The van der Waals surface area contributed by atoms with Gasteiger partial charge in [-0.3, -0.25) is 0 Å². The van der Waals surface area contributed by atoms with Gasteiger partial charge in [-0.05, 0) is 43.8 Å². The Morgan fingerprint density at radius 1 is 1.09 bits per heavy atom. The molecule has 1 fully saturated rings. The summed E-state index contributed by atoms with van der Waals surface area (Å²) in [6.45, 7) is 4.00. The summed E-state index contributed by atoms with van der Waals surface area (Å²) < 4.78 is 1.13. The quantitative estimate of drug-likeness (QED) is 0.798. The highest BCUT2D eigenvalue weighted by Crippen LogP contribution is 2.44. The predicted octanol–water partition coefficient (Wildman–Crippen LogP) is 4.93. The van der Waals surface area contributed by atoms with Crippen LogP contribution < -0.4 is 0 Å². The first kappa shape index (κ1) is 15.9. The summed E-state index contributed by atoms with van der Waals surface area (Å²) in [4.78, 5) is 2.31. The third-order valence-electron chi connectivity index (χ3n) is 4.44. The smallest absolute Gasteiger partial charge is 0.119 e. The third kappa shape index (κ3) is 3.03. The van der Waals surface area contributed by atoms with E-state index in [9.17, 15) is 5.11 Å². The number of likely N-dealkylation sites (N-methyl/N-ethyl adjacent to an activating group) is 1. The van der Waals surface area contributed by atoms with Gasteiger partial charge in [0.05, 0.1) is 0 Å². The first-order valence-electron chi connectivity index (χ1n) is 7.38. The maximum Gasteiger partial charge on any atom is 0.119 e. The van der Waals surface area contributed by atoms with Crippen molar-refractivity contribution in [2.24, 2.45) is 0 Å². The standard InChI is InChI=1S/C18H19BrClNO/c1-11-3-5-17(19)13(7-11)15-9-21(2)10-16(15)14-8-12(20)4-6-18(14)22/h3-8,15-16,22H,9-10H2,1-2H3/t15-,16-/m1/s1. The van der Waals surface area contributed by atoms with E-state index in [0.29, 0.717) is 16.7 Å². The molecule has 22 heavy (non-hydrogen) atoms. The summed E-state index contributed by atoms with van der Waals surface area (Å²) in [6.07, 6.45) is 0. The molecule has 1 saturated heterocycles. The van der Waals surface area contributed by atoms with Gasteiger partial charge < -0.3 is 10.0 Å². The number of phenols is 1. The van der Waals surface area contributed by atoms with Crippen LogP contribution in [0.1, 0.15) is 28.5 Å². The molecule has 0 aliphatic carbocycles. The highest BCUT2D eigenvalue weighted by atomic mass is 79.9. The molecule has 2 aromatic carbocycles. The molecule has 0 bridgehead atoms. The number of halogens is 2. The van der Waals surface area contributed by atoms with Gasteiger partial charge in [0.25, 0.3) is 0 Å². The van der Waals surface area contributed by atoms with Crippen LogP contribution in [0.5, 0.6) is 5.75 Å². The molecular formula is C18H19BrClNO. The van der Waals surface area contributed by atoms with Gasteiger partial charge in [-0.25, -0.2) is 0 Å². The fourth-order valence-electron chi connectivity index (χ4n) is 3.40. The van der Waals surface area contributed by atoms with Gasteiger partial charge in [0.15, 0.2) is 0 Å². The van der Waals surface area contributed by atoms with E-state index in [-0.39, 0.29) is 5.92 Å². The van der Waals surface area contributed by atoms with E-state index in [1.165, 1.54) is 11.1 Å². The average Bonchev–Trinajstić information content (AvgIpc) is 2.86. The minimum Gasteiger partial charge on any atom is -0.508 e. The van der Waals surface area contributed by atoms with E-state index in [0.717, 1.165) is 23.1 Å². The second-order valence-corrected chi connectivity index (χ2v) is 7.45. The Hall–Kier alpha value is -1.03. The van der Waals surface area contributed by atoms with Gasteiger partial charge in [0, 0.05) is 40.0 Å². The molecular weight excluding hydrogens is 362 g/mol. The van der Waals surface area contributed by atoms with Crippen molar-refractivity contribution in [2.75, 3.05) is 20.1 Å². The summed E-state index contributed by atoms with van der Waals surface area (Å²) >= 11 is 9.83. The Morgan fingerprint density at radius 3 is 2.50 bits per heavy atom. The maximum atomic E-state index is 10.3. The lowest BCUT2D eigenvalue weighted by molar-refractivity contribution is 0.405. The molecule has 0 amide bonds. The Bertz CT molecular complexity index is 644. The van der Waals surface area contributed by atoms with Crippen molar-refractivity contribution >= 4 is 27.5 Å². The summed E-state index contributed by atoms with van der Waals surface area (Å²) in [5, 5.41) is 11.0. The average molecular weight is 381 g/mol. The van der Waals surface area contributed by atoms with Crippen molar-refractivity contribution in [3.05, 3.63) is 62.6 Å². The number of hydrogen-bond acceptors (Lipinski definition) is 2. The number of rotatable bonds is 2. The number of hydrogen-bond donors (Lipinski definition) is 1. The molecule has 1 heterocycles. The van der Waals surface area contributed by atoms with Crippen molar-refractivity contribution < 1.29 is 5.11 Å². The second-order valence-electron chi connectivity index (χ2n) is 6.16. The number of aromatic hydroxyl groups is 1. The van der Waals surface area contributed by atoms with Gasteiger partial charge in [-0.2, -0.15) is 0 Å². The summed E-state index contributed by atoms with van der Waals surface area (Å²) in [7, 11) is 2.12. The van der Waals surface area contributed by atoms with Crippen molar-refractivity contribution in [1.82, 2.24) is 4.90 Å². The number of likely N-dealkylation sites (tertiary alicyclic amines) is 1. The molecule has 0 spiro atoms. The summed E-state index contributed by atoms with van der Waals surface area (Å²) in [5.41, 5.74) is 3.49. The first-order chi connectivity index (χ1) is 10.5. The Balaban J connectivity index is 2.06. The minimum absolute atomic E-state index is 0.238. The van der Waals surface area contributed by atoms with Gasteiger partial charge in [0.1, 0.15) is 5.75 Å². The Labute approximate surface area is 144 Å². The third-order valence-corrected chi connectivity index (χ3v) is 5.40. The van der Waals surface area contributed by atoms with Gasteiger partial charge in [0.2, 0.25) is 0 Å². The van der Waals surface area contributed by atoms with E-state index in [1.807, 2.05) is 6.07 Å². The largest absolute Gasteiger partial charge is 0.508 e. The maximum absolute atomic E-state index is 10.3. The number of nitrogens with zero attached hydrogens (tertiary/aromatic N) is 1.